The molecule has 6 nitrogen and oxygen atoms in total. The highest BCUT2D eigenvalue weighted by molar-refractivity contribution is 7.80. The quantitative estimate of drug-likeness (QED) is 0.445. The van der Waals surface area contributed by atoms with Crippen LogP contribution in [-0.2, 0) is 0 Å². The molecule has 0 fully saturated rings. The van der Waals surface area contributed by atoms with E-state index in [0.717, 1.165) is 21.7 Å². The first-order valence-corrected chi connectivity index (χ1v) is 9.93. The monoisotopic (exact) mass is 425 g/mol. The van der Waals surface area contributed by atoms with E-state index in [4.69, 9.17) is 29.2 Å². The molecule has 2 heterocycles. The number of rotatable bonds is 4. The number of aromatic nitrogens is 3. The Kier molecular flexibility index (Phi) is 5.29. The van der Waals surface area contributed by atoms with Gasteiger partial charge in [-0.2, -0.15) is 0 Å². The molecule has 0 spiro atoms. The number of methoxy groups -OCH3 is 1. The fourth-order valence-electron chi connectivity index (χ4n) is 2.74. The Morgan fingerprint density at radius 3 is 2.57 bits per heavy atom. The molecule has 2 aromatic carbocycles. The summed E-state index contributed by atoms with van der Waals surface area (Å²) in [6, 6.07) is 17.4. The van der Waals surface area contributed by atoms with Gasteiger partial charge in [-0.15, -0.1) is 0 Å². The van der Waals surface area contributed by atoms with Gasteiger partial charge in [0.15, 0.2) is 20.5 Å². The predicted molar refractivity (Wildman–Crippen MR) is 120 cm³/mol. The van der Waals surface area contributed by atoms with Gasteiger partial charge in [-0.1, -0.05) is 41.7 Å². The molecule has 0 radical (unpaired) electrons. The van der Waals surface area contributed by atoms with Gasteiger partial charge in [0.25, 0.3) is 0 Å². The molecule has 0 aliphatic carbocycles. The molecule has 0 atom stereocenters. The van der Waals surface area contributed by atoms with Gasteiger partial charge >= 0.3 is 0 Å². The minimum atomic E-state index is 0.398. The Balaban J connectivity index is 1.67. The fraction of sp³-hybridized carbons (Fsp3) is 0.0526. The maximum atomic E-state index is 5.57. The van der Waals surface area contributed by atoms with E-state index in [9.17, 15) is 0 Å². The van der Waals surface area contributed by atoms with Crippen molar-refractivity contribution in [3.63, 3.8) is 0 Å². The Bertz CT molecular complexity index is 1200. The van der Waals surface area contributed by atoms with E-state index >= 15 is 0 Å². The summed E-state index contributed by atoms with van der Waals surface area (Å²) in [6.07, 6.45) is 1.50. The van der Waals surface area contributed by atoms with Crippen molar-refractivity contribution in [1.82, 2.24) is 14.5 Å². The van der Waals surface area contributed by atoms with Crippen molar-refractivity contribution < 1.29 is 4.74 Å². The minimum absolute atomic E-state index is 0.398. The smallest absolute Gasteiger partial charge is 0.176 e. The molecule has 0 amide bonds. The number of ether oxygens (including phenoxy) is 1. The molecular formula is C19H15N5OS3. The molecule has 0 saturated carbocycles. The summed E-state index contributed by atoms with van der Waals surface area (Å²) >= 11 is 12.5. The van der Waals surface area contributed by atoms with Crippen LogP contribution in [0.15, 0.2) is 60.9 Å². The van der Waals surface area contributed by atoms with Gasteiger partial charge in [-0.25, -0.2) is 9.97 Å². The minimum Gasteiger partial charge on any atom is -0.495 e. The van der Waals surface area contributed by atoms with Crippen molar-refractivity contribution in [2.45, 2.75) is 0 Å². The number of benzene rings is 2. The normalized spacial score (nSPS) is 10.6. The van der Waals surface area contributed by atoms with Gasteiger partial charge in [-0.05, 0) is 48.7 Å². The first-order chi connectivity index (χ1) is 13.7. The standard InChI is InChI=1S/C19H15N5OS3/c1-25-14-10-6-5-9-13(14)22-18(26)23-16-15-17(21-11-20-16)24(19(27)28-15)12-7-3-2-4-8-12/h2-11H,1H3,(H2,20,21,22,23,26). The molecule has 9 heteroatoms. The number of hydrogen-bond donors (Lipinski definition) is 2. The van der Waals surface area contributed by atoms with Gasteiger partial charge in [0.1, 0.15) is 16.8 Å². The van der Waals surface area contributed by atoms with Crippen LogP contribution in [-0.4, -0.2) is 26.8 Å². The Morgan fingerprint density at radius 2 is 1.79 bits per heavy atom. The first-order valence-electron chi connectivity index (χ1n) is 8.30. The van der Waals surface area contributed by atoms with Crippen molar-refractivity contribution in [3.05, 3.63) is 64.9 Å². The number of nitrogens with zero attached hydrogens (tertiary/aromatic N) is 3. The summed E-state index contributed by atoms with van der Waals surface area (Å²) in [7, 11) is 1.62. The van der Waals surface area contributed by atoms with Crippen LogP contribution in [0.4, 0.5) is 11.5 Å². The molecule has 28 heavy (non-hydrogen) atoms. The van der Waals surface area contributed by atoms with Crippen LogP contribution in [0.1, 0.15) is 0 Å². The van der Waals surface area contributed by atoms with Crippen LogP contribution in [0.2, 0.25) is 0 Å². The number of fused-ring (bicyclic) bond motifs is 1. The number of thiocarbonyl (C=S) groups is 1. The molecule has 0 bridgehead atoms. The maximum Gasteiger partial charge on any atom is 0.176 e. The number of nitrogens with one attached hydrogen (secondary N) is 2. The lowest BCUT2D eigenvalue weighted by atomic mass is 10.3. The van der Waals surface area contributed by atoms with Gasteiger partial charge in [0, 0.05) is 5.69 Å². The first kappa shape index (κ1) is 18.5. The van der Waals surface area contributed by atoms with Crippen molar-refractivity contribution in [2.24, 2.45) is 0 Å². The molecule has 2 N–H and O–H groups in total. The lowest BCUT2D eigenvalue weighted by Crippen LogP contribution is -2.20. The van der Waals surface area contributed by atoms with E-state index in [2.05, 4.69) is 20.6 Å². The van der Waals surface area contributed by atoms with Gasteiger partial charge in [-0.3, -0.25) is 4.57 Å². The summed E-state index contributed by atoms with van der Waals surface area (Å²) in [5, 5.41) is 6.67. The van der Waals surface area contributed by atoms with E-state index in [1.54, 1.807) is 7.11 Å². The van der Waals surface area contributed by atoms with Crippen LogP contribution >= 0.6 is 35.8 Å². The highest BCUT2D eigenvalue weighted by Gasteiger charge is 2.14. The highest BCUT2D eigenvalue weighted by atomic mass is 32.1. The SMILES string of the molecule is COc1ccccc1NC(=S)Nc1ncnc2c1sc(=S)n2-c1ccccc1. The second kappa shape index (κ2) is 8.01. The zero-order chi connectivity index (χ0) is 19.5. The molecule has 0 aliphatic heterocycles. The lowest BCUT2D eigenvalue weighted by molar-refractivity contribution is 0.417. The Hall–Kier alpha value is -2.88. The molecule has 140 valence electrons. The van der Waals surface area contributed by atoms with Crippen molar-refractivity contribution in [3.8, 4) is 11.4 Å². The molecule has 0 unspecified atom stereocenters. The summed E-state index contributed by atoms with van der Waals surface area (Å²) in [6.45, 7) is 0. The Labute approximate surface area is 175 Å². The average Bonchev–Trinajstić information content (AvgIpc) is 3.06. The van der Waals surface area contributed by atoms with Crippen LogP contribution in [0, 0.1) is 3.95 Å². The highest BCUT2D eigenvalue weighted by Crippen LogP contribution is 2.30. The molecular weight excluding hydrogens is 410 g/mol. The molecule has 0 saturated heterocycles. The summed E-state index contributed by atoms with van der Waals surface area (Å²) in [4.78, 5) is 8.78. The van der Waals surface area contributed by atoms with E-state index in [0.29, 0.717) is 20.6 Å². The van der Waals surface area contributed by atoms with Crippen LogP contribution in [0.5, 0.6) is 5.75 Å². The molecule has 0 aliphatic rings. The van der Waals surface area contributed by atoms with Crippen molar-refractivity contribution in [2.75, 3.05) is 17.7 Å². The third-order valence-corrected chi connectivity index (χ3v) is 5.54. The van der Waals surface area contributed by atoms with Crippen molar-refractivity contribution in [1.29, 1.82) is 0 Å². The summed E-state index contributed by atoms with van der Waals surface area (Å²) in [5.41, 5.74) is 2.46. The van der Waals surface area contributed by atoms with Crippen LogP contribution < -0.4 is 15.4 Å². The fourth-order valence-corrected chi connectivity index (χ4v) is 4.28. The largest absolute Gasteiger partial charge is 0.495 e. The zero-order valence-corrected chi connectivity index (χ0v) is 17.2. The average molecular weight is 426 g/mol. The van der Waals surface area contributed by atoms with E-state index in [1.165, 1.54) is 17.7 Å². The van der Waals surface area contributed by atoms with Gasteiger partial charge in [0.05, 0.1) is 12.8 Å². The van der Waals surface area contributed by atoms with E-state index in [-0.39, 0.29) is 0 Å². The summed E-state index contributed by atoms with van der Waals surface area (Å²) in [5.74, 6) is 1.30. The predicted octanol–water partition coefficient (Wildman–Crippen LogP) is 5.03. The van der Waals surface area contributed by atoms with Gasteiger partial charge in [0.2, 0.25) is 0 Å². The lowest BCUT2D eigenvalue weighted by Gasteiger charge is -2.13. The second-order valence-corrected chi connectivity index (χ2v) is 7.75. The Morgan fingerprint density at radius 1 is 1.04 bits per heavy atom. The second-order valence-electron chi connectivity index (χ2n) is 5.69. The molecule has 4 aromatic rings. The number of hydrogen-bond acceptors (Lipinski definition) is 6. The van der Waals surface area contributed by atoms with E-state index < -0.39 is 0 Å². The molecule has 4 rings (SSSR count). The van der Waals surface area contributed by atoms with E-state index in [1.807, 2.05) is 59.2 Å². The van der Waals surface area contributed by atoms with Gasteiger partial charge < -0.3 is 15.4 Å². The van der Waals surface area contributed by atoms with Crippen molar-refractivity contribution >= 4 is 62.7 Å². The number of thiazole rings is 1. The third kappa shape index (κ3) is 3.59. The van der Waals surface area contributed by atoms with Crippen LogP contribution in [0.25, 0.3) is 16.0 Å². The topological polar surface area (TPSA) is 64.0 Å². The number of anilines is 2. The zero-order valence-electron chi connectivity index (χ0n) is 14.7. The molecule has 2 aromatic heterocycles. The number of para-hydroxylation sites is 3. The summed E-state index contributed by atoms with van der Waals surface area (Å²) < 4.78 is 8.80. The maximum absolute atomic E-state index is 5.57. The van der Waals surface area contributed by atoms with Crippen LogP contribution in [0.3, 0.4) is 0 Å². The third-order valence-electron chi connectivity index (χ3n) is 3.97.